The van der Waals surface area contributed by atoms with Gasteiger partial charge in [0, 0.05) is 42.4 Å². The lowest BCUT2D eigenvalue weighted by atomic mass is 9.82. The van der Waals surface area contributed by atoms with Gasteiger partial charge in [-0.15, -0.1) is 0 Å². The number of nitriles is 1. The highest BCUT2D eigenvalue weighted by Gasteiger charge is 2.27. The van der Waals surface area contributed by atoms with E-state index in [9.17, 15) is 0 Å². The van der Waals surface area contributed by atoms with Crippen molar-refractivity contribution in [3.63, 3.8) is 0 Å². The van der Waals surface area contributed by atoms with Gasteiger partial charge >= 0.3 is 0 Å². The van der Waals surface area contributed by atoms with Crippen molar-refractivity contribution in [3.05, 3.63) is 73.5 Å². The lowest BCUT2D eigenvalue weighted by Crippen LogP contribution is -2.14. The Balaban J connectivity index is 0.00000103. The fraction of sp³-hybridized carbons (Fsp3) is 0.379. The van der Waals surface area contributed by atoms with E-state index in [1.165, 1.54) is 68.1 Å². The van der Waals surface area contributed by atoms with Crippen LogP contribution in [0.1, 0.15) is 68.1 Å². The average molecular weight is 454 g/mol. The number of rotatable bonds is 2. The maximum atomic E-state index is 7.32. The van der Waals surface area contributed by atoms with E-state index in [0.717, 1.165) is 17.0 Å². The Morgan fingerprint density at radius 2 is 1.35 bits per heavy atom. The number of nitrogens with one attached hydrogen (secondary N) is 1. The number of aryl methyl sites for hydroxylation is 1. The third kappa shape index (κ3) is 4.09. The largest absolute Gasteiger partial charge is 0.357 e. The molecule has 2 aromatic carbocycles. The van der Waals surface area contributed by atoms with Crippen LogP contribution in [0, 0.1) is 66.7 Å². The Hall–Kier alpha value is -3.52. The molecule has 0 atom stereocenters. The molecule has 1 N–H and O–H groups in total. The summed E-state index contributed by atoms with van der Waals surface area (Å²) < 4.78 is 0. The Bertz CT molecular complexity index is 1330. The number of benzene rings is 2. The van der Waals surface area contributed by atoms with Gasteiger partial charge < -0.3 is 5.32 Å². The molecule has 0 saturated carbocycles. The van der Waals surface area contributed by atoms with Crippen molar-refractivity contribution in [2.45, 2.75) is 68.9 Å². The molecule has 3 aromatic rings. The van der Waals surface area contributed by atoms with E-state index in [1.54, 1.807) is 6.07 Å². The van der Waals surface area contributed by atoms with Gasteiger partial charge in [-0.05, 0) is 106 Å². The first-order chi connectivity index (χ1) is 16.1. The van der Waals surface area contributed by atoms with Crippen LogP contribution < -0.4 is 5.32 Å². The maximum Gasteiger partial charge on any atom is 0.222 e. The number of hydrogen-bond donors (Lipinski definition) is 1. The van der Waals surface area contributed by atoms with Crippen LogP contribution in [0.3, 0.4) is 0 Å². The smallest absolute Gasteiger partial charge is 0.222 e. The van der Waals surface area contributed by atoms with Gasteiger partial charge in [0.15, 0.2) is 0 Å². The Kier molecular flexibility index (Phi) is 7.21. The second-order valence-electron chi connectivity index (χ2n) is 9.07. The number of hydrogen-bond acceptors (Lipinski definition) is 5. The molecular weight excluding hydrogens is 418 g/mol. The first-order valence-corrected chi connectivity index (χ1v) is 11.7. The third-order valence-electron chi connectivity index (χ3n) is 7.38. The number of anilines is 1. The van der Waals surface area contributed by atoms with E-state index in [-0.39, 0.29) is 0 Å². The highest BCUT2D eigenvalue weighted by molar-refractivity contribution is 6.19. The first kappa shape index (κ1) is 25.1. The summed E-state index contributed by atoms with van der Waals surface area (Å²) in [4.78, 5) is 14.6. The minimum Gasteiger partial charge on any atom is -0.357 e. The minimum atomic E-state index is 0.575. The van der Waals surface area contributed by atoms with Gasteiger partial charge in [0.05, 0.1) is 24.0 Å². The molecule has 176 valence electrons. The van der Waals surface area contributed by atoms with Crippen LogP contribution in [0.15, 0.2) is 17.3 Å². The van der Waals surface area contributed by atoms with E-state index >= 15 is 0 Å². The van der Waals surface area contributed by atoms with E-state index in [4.69, 9.17) is 15.2 Å². The Morgan fingerprint density at radius 1 is 0.824 bits per heavy atom. The van der Waals surface area contributed by atoms with Crippen LogP contribution >= 0.6 is 0 Å². The third-order valence-corrected chi connectivity index (χ3v) is 7.38. The molecule has 0 aliphatic carbocycles. The number of nitrogens with zero attached hydrogens (tertiary/aromatic N) is 4. The molecule has 34 heavy (non-hydrogen) atoms. The Labute approximate surface area is 204 Å². The SMILES string of the molecule is CC#N.CNc1ncc2c(n1)-c1c(cc(C)c(C)c1C)C(c1c(C)c(C)c(C)c(C)c1C)=NC2. The molecule has 1 aromatic heterocycles. The van der Waals surface area contributed by atoms with Crippen LogP contribution in [-0.2, 0) is 6.54 Å². The minimum absolute atomic E-state index is 0.575. The highest BCUT2D eigenvalue weighted by atomic mass is 15.1. The van der Waals surface area contributed by atoms with Crippen molar-refractivity contribution in [1.29, 1.82) is 5.26 Å². The fourth-order valence-corrected chi connectivity index (χ4v) is 4.75. The average Bonchev–Trinajstić information content (AvgIpc) is 2.97. The summed E-state index contributed by atoms with van der Waals surface area (Å²) in [5, 5.41) is 10.4. The second kappa shape index (κ2) is 9.77. The molecule has 0 bridgehead atoms. The molecule has 0 radical (unpaired) electrons. The van der Waals surface area contributed by atoms with Gasteiger partial charge in [0.25, 0.3) is 0 Å². The molecule has 2 heterocycles. The predicted octanol–water partition coefficient (Wildman–Crippen LogP) is 6.53. The molecule has 5 heteroatoms. The molecule has 1 aliphatic heterocycles. The molecule has 0 amide bonds. The lowest BCUT2D eigenvalue weighted by Gasteiger charge is -2.22. The van der Waals surface area contributed by atoms with Gasteiger partial charge in [0.2, 0.25) is 5.95 Å². The number of aromatic nitrogens is 2. The molecule has 0 unspecified atom stereocenters. The van der Waals surface area contributed by atoms with Crippen molar-refractivity contribution in [1.82, 2.24) is 9.97 Å². The second-order valence-corrected chi connectivity index (χ2v) is 9.07. The van der Waals surface area contributed by atoms with E-state index in [1.807, 2.05) is 13.2 Å². The van der Waals surface area contributed by atoms with Crippen molar-refractivity contribution < 1.29 is 0 Å². The molecule has 0 fully saturated rings. The monoisotopic (exact) mass is 453 g/mol. The van der Waals surface area contributed by atoms with Gasteiger partial charge in [-0.3, -0.25) is 4.99 Å². The summed E-state index contributed by atoms with van der Waals surface area (Å²) in [6.07, 6.45) is 1.92. The molecule has 0 spiro atoms. The van der Waals surface area contributed by atoms with Crippen LogP contribution in [0.4, 0.5) is 5.95 Å². The normalized spacial score (nSPS) is 11.9. The van der Waals surface area contributed by atoms with Gasteiger partial charge in [0.1, 0.15) is 0 Å². The summed E-state index contributed by atoms with van der Waals surface area (Å²) in [6.45, 7) is 19.7. The van der Waals surface area contributed by atoms with Crippen LogP contribution in [0.2, 0.25) is 0 Å². The number of fused-ring (bicyclic) bond motifs is 3. The standard InChI is InChI=1S/C27H32N4.C2H3N/c1-13-10-22-24(18(6)14(13)2)25-21(12-30-27(28-9)31-25)11-29-26(22)23-19(7)16(4)15(3)17(5)20(23)8;1-2-3/h10,12H,11H2,1-9H3,(H,28,30,31);1H3. The number of aliphatic imine (C=N–C) groups is 1. The summed E-state index contributed by atoms with van der Waals surface area (Å²) >= 11 is 0. The van der Waals surface area contributed by atoms with Crippen molar-refractivity contribution in [3.8, 4) is 17.3 Å². The van der Waals surface area contributed by atoms with Crippen molar-refractivity contribution in [2.75, 3.05) is 12.4 Å². The van der Waals surface area contributed by atoms with Gasteiger partial charge in [-0.1, -0.05) is 0 Å². The Morgan fingerprint density at radius 3 is 1.91 bits per heavy atom. The molecule has 0 saturated heterocycles. The maximum absolute atomic E-state index is 7.32. The van der Waals surface area contributed by atoms with E-state index < -0.39 is 0 Å². The van der Waals surface area contributed by atoms with Gasteiger partial charge in [-0.25, -0.2) is 9.97 Å². The topological polar surface area (TPSA) is 74.0 Å². The van der Waals surface area contributed by atoms with Crippen molar-refractivity contribution >= 4 is 11.7 Å². The summed E-state index contributed by atoms with van der Waals surface area (Å²) in [5.74, 6) is 0.639. The first-order valence-electron chi connectivity index (χ1n) is 11.7. The summed E-state index contributed by atoms with van der Waals surface area (Å²) in [6, 6.07) is 4.05. The zero-order valence-corrected chi connectivity index (χ0v) is 22.2. The molecular formula is C29H35N5. The van der Waals surface area contributed by atoms with Crippen LogP contribution in [0.5, 0.6) is 0 Å². The van der Waals surface area contributed by atoms with Gasteiger partial charge in [-0.2, -0.15) is 5.26 Å². The van der Waals surface area contributed by atoms with Crippen LogP contribution in [-0.4, -0.2) is 22.7 Å². The van der Waals surface area contributed by atoms with Crippen molar-refractivity contribution in [2.24, 2.45) is 4.99 Å². The zero-order valence-electron chi connectivity index (χ0n) is 22.2. The predicted molar refractivity (Wildman–Crippen MR) is 142 cm³/mol. The summed E-state index contributed by atoms with van der Waals surface area (Å²) in [5.41, 5.74) is 17.3. The summed E-state index contributed by atoms with van der Waals surface area (Å²) in [7, 11) is 1.86. The molecule has 1 aliphatic rings. The highest BCUT2D eigenvalue weighted by Crippen LogP contribution is 2.38. The molecule has 5 nitrogen and oxygen atoms in total. The quantitative estimate of drug-likeness (QED) is 0.478. The zero-order chi connectivity index (χ0) is 25.3. The van der Waals surface area contributed by atoms with Crippen LogP contribution in [0.25, 0.3) is 11.3 Å². The van der Waals surface area contributed by atoms with E-state index in [2.05, 4.69) is 71.8 Å². The van der Waals surface area contributed by atoms with E-state index in [0.29, 0.717) is 12.5 Å². The lowest BCUT2D eigenvalue weighted by molar-refractivity contribution is 1.02. The fourth-order valence-electron chi connectivity index (χ4n) is 4.75. The molecule has 4 rings (SSSR count).